The number of rotatable bonds is 9. The van der Waals surface area contributed by atoms with Crippen molar-refractivity contribution >= 4 is 22.6 Å². The summed E-state index contributed by atoms with van der Waals surface area (Å²) >= 11 is 1.42. The number of anilines is 1. The lowest BCUT2D eigenvalue weighted by Gasteiger charge is -2.26. The predicted octanol–water partition coefficient (Wildman–Crippen LogP) is 2.59. The number of halogens is 2. The SMILES string of the molecule is O=C(O)NCCOCCOc1c(-c2csc(N3CCOCC3)n2)ccc(F)c1F. The fourth-order valence-electron chi connectivity index (χ4n) is 2.70. The van der Waals surface area contributed by atoms with Gasteiger partial charge < -0.3 is 29.5 Å². The predicted molar refractivity (Wildman–Crippen MR) is 103 cm³/mol. The normalized spacial score (nSPS) is 14.1. The lowest BCUT2D eigenvalue weighted by molar-refractivity contribution is 0.0993. The molecule has 1 fully saturated rings. The molecule has 2 aromatic rings. The maximum Gasteiger partial charge on any atom is 0.404 e. The number of thiazole rings is 1. The van der Waals surface area contributed by atoms with Gasteiger partial charge in [0, 0.05) is 30.6 Å². The first-order valence-corrected chi connectivity index (χ1v) is 9.88. The third-order valence-electron chi connectivity index (χ3n) is 4.10. The molecule has 158 valence electrons. The van der Waals surface area contributed by atoms with E-state index in [9.17, 15) is 13.6 Å². The highest BCUT2D eigenvalue weighted by Gasteiger charge is 2.20. The summed E-state index contributed by atoms with van der Waals surface area (Å²) in [5, 5.41) is 13.2. The second-order valence-corrected chi connectivity index (χ2v) is 6.88. The van der Waals surface area contributed by atoms with E-state index in [0.29, 0.717) is 24.5 Å². The van der Waals surface area contributed by atoms with Gasteiger partial charge in [-0.3, -0.25) is 0 Å². The van der Waals surface area contributed by atoms with Crippen LogP contribution in [0.5, 0.6) is 5.75 Å². The van der Waals surface area contributed by atoms with Crippen molar-refractivity contribution in [3.05, 3.63) is 29.1 Å². The molecular formula is C18H21F2N3O5S. The third kappa shape index (κ3) is 5.75. The number of nitrogens with zero attached hydrogens (tertiary/aromatic N) is 2. The average molecular weight is 429 g/mol. The largest absolute Gasteiger partial charge is 0.487 e. The van der Waals surface area contributed by atoms with E-state index in [0.717, 1.165) is 24.3 Å². The van der Waals surface area contributed by atoms with E-state index in [2.05, 4.69) is 15.2 Å². The van der Waals surface area contributed by atoms with Crippen molar-refractivity contribution in [2.75, 3.05) is 57.6 Å². The Morgan fingerprint density at radius 2 is 2.07 bits per heavy atom. The zero-order chi connectivity index (χ0) is 20.6. The first kappa shape index (κ1) is 21.2. The van der Waals surface area contributed by atoms with Crippen LogP contribution in [0, 0.1) is 11.6 Å². The topological polar surface area (TPSA) is 93.2 Å². The Morgan fingerprint density at radius 3 is 2.83 bits per heavy atom. The molecule has 8 nitrogen and oxygen atoms in total. The number of benzene rings is 1. The van der Waals surface area contributed by atoms with E-state index in [1.807, 2.05) is 0 Å². The van der Waals surface area contributed by atoms with Gasteiger partial charge in [0.15, 0.2) is 16.7 Å². The molecule has 1 aliphatic rings. The Hall–Kier alpha value is -2.50. The number of hydrogen-bond donors (Lipinski definition) is 2. The molecule has 1 aromatic heterocycles. The molecule has 11 heteroatoms. The molecule has 0 spiro atoms. The highest BCUT2D eigenvalue weighted by Crippen LogP contribution is 2.36. The van der Waals surface area contributed by atoms with Crippen LogP contribution in [0.1, 0.15) is 0 Å². The van der Waals surface area contributed by atoms with E-state index in [4.69, 9.17) is 19.3 Å². The summed E-state index contributed by atoms with van der Waals surface area (Å²) in [4.78, 5) is 17.0. The lowest BCUT2D eigenvalue weighted by Crippen LogP contribution is -2.36. The van der Waals surface area contributed by atoms with Crippen LogP contribution in [0.3, 0.4) is 0 Å². The molecule has 0 unspecified atom stereocenters. The molecular weight excluding hydrogens is 408 g/mol. The first-order valence-electron chi connectivity index (χ1n) is 9.00. The van der Waals surface area contributed by atoms with Gasteiger partial charge in [0.1, 0.15) is 6.61 Å². The number of ether oxygens (including phenoxy) is 3. The van der Waals surface area contributed by atoms with Crippen molar-refractivity contribution < 1.29 is 32.9 Å². The van der Waals surface area contributed by atoms with E-state index in [1.165, 1.54) is 17.4 Å². The molecule has 2 N–H and O–H groups in total. The van der Waals surface area contributed by atoms with Crippen LogP contribution in [0.2, 0.25) is 0 Å². The Kier molecular flexibility index (Phi) is 7.55. The Balaban J connectivity index is 1.64. The van der Waals surface area contributed by atoms with Crippen LogP contribution >= 0.6 is 11.3 Å². The number of amides is 1. The molecule has 1 amide bonds. The van der Waals surface area contributed by atoms with Crippen molar-refractivity contribution in [3.63, 3.8) is 0 Å². The maximum atomic E-state index is 14.4. The molecule has 0 radical (unpaired) electrons. The van der Waals surface area contributed by atoms with Crippen molar-refractivity contribution in [1.29, 1.82) is 0 Å². The molecule has 0 saturated carbocycles. The number of hydrogen-bond acceptors (Lipinski definition) is 7. The summed E-state index contributed by atoms with van der Waals surface area (Å²) < 4.78 is 44.1. The van der Waals surface area contributed by atoms with Gasteiger partial charge in [-0.1, -0.05) is 0 Å². The van der Waals surface area contributed by atoms with Crippen molar-refractivity contribution in [3.8, 4) is 17.0 Å². The Bertz CT molecular complexity index is 830. The van der Waals surface area contributed by atoms with Crippen LogP contribution in [-0.4, -0.2) is 68.9 Å². The van der Waals surface area contributed by atoms with Gasteiger partial charge in [-0.2, -0.15) is 4.39 Å². The standard InChI is InChI=1S/C18H21F2N3O5S/c19-13-2-1-12(14-11-29-17(22-14)23-4-7-27-8-5-23)16(15(13)20)28-10-9-26-6-3-21-18(24)25/h1-2,11,21H,3-10H2,(H,24,25). The second kappa shape index (κ2) is 10.3. The van der Waals surface area contributed by atoms with Crippen molar-refractivity contribution in [2.45, 2.75) is 0 Å². The minimum absolute atomic E-state index is 0.0269. The van der Waals surface area contributed by atoms with Gasteiger partial charge in [0.25, 0.3) is 0 Å². The van der Waals surface area contributed by atoms with Gasteiger partial charge in [0.2, 0.25) is 5.82 Å². The first-order chi connectivity index (χ1) is 14.1. The molecule has 0 atom stereocenters. The molecule has 0 bridgehead atoms. The quantitative estimate of drug-likeness (QED) is 0.592. The fraction of sp³-hybridized carbons (Fsp3) is 0.444. The lowest BCUT2D eigenvalue weighted by atomic mass is 10.1. The highest BCUT2D eigenvalue weighted by atomic mass is 32.1. The van der Waals surface area contributed by atoms with Gasteiger partial charge in [-0.25, -0.2) is 14.2 Å². The number of aromatic nitrogens is 1. The number of morpholine rings is 1. The molecule has 3 rings (SSSR count). The van der Waals surface area contributed by atoms with Gasteiger partial charge >= 0.3 is 6.09 Å². The van der Waals surface area contributed by atoms with Gasteiger partial charge in [-0.05, 0) is 12.1 Å². The number of carboxylic acid groups (broad SMARTS) is 1. The van der Waals surface area contributed by atoms with Crippen molar-refractivity contribution in [1.82, 2.24) is 10.3 Å². The average Bonchev–Trinajstić information content (AvgIpc) is 3.21. The van der Waals surface area contributed by atoms with Gasteiger partial charge in [-0.15, -0.1) is 11.3 Å². The summed E-state index contributed by atoms with van der Waals surface area (Å²) in [5.41, 5.74) is 0.851. The monoisotopic (exact) mass is 429 g/mol. The van der Waals surface area contributed by atoms with Crippen LogP contribution in [0.4, 0.5) is 18.7 Å². The molecule has 1 saturated heterocycles. The summed E-state index contributed by atoms with van der Waals surface area (Å²) in [6.45, 7) is 3.02. The minimum atomic E-state index is -1.14. The highest BCUT2D eigenvalue weighted by molar-refractivity contribution is 7.14. The molecule has 1 aromatic carbocycles. The fourth-order valence-corrected chi connectivity index (χ4v) is 3.58. The summed E-state index contributed by atoms with van der Waals surface area (Å²) in [5.74, 6) is -2.33. The van der Waals surface area contributed by atoms with E-state index >= 15 is 0 Å². The molecule has 1 aliphatic heterocycles. The summed E-state index contributed by atoms with van der Waals surface area (Å²) in [7, 11) is 0. The molecule has 29 heavy (non-hydrogen) atoms. The van der Waals surface area contributed by atoms with E-state index in [-0.39, 0.29) is 32.1 Å². The second-order valence-electron chi connectivity index (χ2n) is 6.05. The maximum absolute atomic E-state index is 14.4. The van der Waals surface area contributed by atoms with E-state index in [1.54, 1.807) is 5.38 Å². The summed E-state index contributed by atoms with van der Waals surface area (Å²) in [6.07, 6.45) is -1.14. The number of carbonyl (C=O) groups is 1. The summed E-state index contributed by atoms with van der Waals surface area (Å²) in [6, 6.07) is 2.48. The Morgan fingerprint density at radius 1 is 1.28 bits per heavy atom. The van der Waals surface area contributed by atoms with Crippen molar-refractivity contribution in [2.24, 2.45) is 0 Å². The number of nitrogens with one attached hydrogen (secondary N) is 1. The smallest absolute Gasteiger partial charge is 0.404 e. The molecule has 2 heterocycles. The third-order valence-corrected chi connectivity index (χ3v) is 5.00. The van der Waals surface area contributed by atoms with Crippen LogP contribution in [0.15, 0.2) is 17.5 Å². The Labute approximate surface area is 170 Å². The van der Waals surface area contributed by atoms with Gasteiger partial charge in [0.05, 0.1) is 32.1 Å². The zero-order valence-corrected chi connectivity index (χ0v) is 16.3. The minimum Gasteiger partial charge on any atom is -0.487 e. The van der Waals surface area contributed by atoms with Crippen LogP contribution in [0.25, 0.3) is 11.3 Å². The van der Waals surface area contributed by atoms with Crippen LogP contribution in [-0.2, 0) is 9.47 Å². The van der Waals surface area contributed by atoms with Crippen LogP contribution < -0.4 is 15.0 Å². The zero-order valence-electron chi connectivity index (χ0n) is 15.5. The molecule has 0 aliphatic carbocycles. The van der Waals surface area contributed by atoms with E-state index < -0.39 is 17.7 Å².